The van der Waals surface area contributed by atoms with E-state index in [2.05, 4.69) is 15.4 Å². The molecule has 100 valence electrons. The first kappa shape index (κ1) is 14.2. The average Bonchev–Trinajstić information content (AvgIpc) is 2.62. The molecule has 0 saturated carbocycles. The maximum absolute atomic E-state index is 11.7. The largest absolute Gasteiger partial charge is 0.411 e. The minimum Gasteiger partial charge on any atom is -0.370 e. The monoisotopic (exact) mass is 254 g/mol. The van der Waals surface area contributed by atoms with Crippen LogP contribution in [-0.2, 0) is 9.53 Å². The van der Waals surface area contributed by atoms with E-state index >= 15 is 0 Å². The Morgan fingerprint density at radius 1 is 1.47 bits per heavy atom. The van der Waals surface area contributed by atoms with Gasteiger partial charge in [0.05, 0.1) is 12.5 Å². The predicted octanol–water partition coefficient (Wildman–Crippen LogP) is 0.537. The van der Waals surface area contributed by atoms with Crippen molar-refractivity contribution in [2.24, 2.45) is 11.8 Å². The lowest BCUT2D eigenvalue weighted by Gasteiger charge is -2.14. The molecule has 1 rings (SSSR count). The van der Waals surface area contributed by atoms with Gasteiger partial charge < -0.3 is 15.4 Å². The van der Waals surface area contributed by atoms with Crippen molar-refractivity contribution in [2.45, 2.75) is 13.1 Å². The Balaban J connectivity index is 2.08. The summed E-state index contributed by atoms with van der Waals surface area (Å²) in [6, 6.07) is 0. The van der Waals surface area contributed by atoms with E-state index in [0.717, 1.165) is 6.54 Å². The van der Waals surface area contributed by atoms with Crippen LogP contribution in [0.1, 0.15) is 6.92 Å². The van der Waals surface area contributed by atoms with Crippen LogP contribution >= 0.6 is 0 Å². The second-order valence-corrected chi connectivity index (χ2v) is 4.20. The second kappa shape index (κ2) is 6.20. The summed E-state index contributed by atoms with van der Waals surface area (Å²) in [6.45, 7) is 2.09. The van der Waals surface area contributed by atoms with Crippen molar-refractivity contribution in [1.82, 2.24) is 10.6 Å². The topological polar surface area (TPSA) is 50.4 Å². The van der Waals surface area contributed by atoms with Gasteiger partial charge in [-0.3, -0.25) is 4.79 Å². The predicted molar refractivity (Wildman–Crippen MR) is 55.4 cm³/mol. The third kappa shape index (κ3) is 5.36. The summed E-state index contributed by atoms with van der Waals surface area (Å²) in [6.07, 6.45) is -4.31. The Kier molecular flexibility index (Phi) is 5.20. The average molecular weight is 254 g/mol. The van der Waals surface area contributed by atoms with Crippen molar-refractivity contribution in [3.8, 4) is 0 Å². The van der Waals surface area contributed by atoms with E-state index in [1.54, 1.807) is 0 Å². The number of rotatable bonds is 5. The highest BCUT2D eigenvalue weighted by molar-refractivity contribution is 5.79. The lowest BCUT2D eigenvalue weighted by molar-refractivity contribution is -0.173. The highest BCUT2D eigenvalue weighted by Crippen LogP contribution is 2.15. The number of nitrogens with one attached hydrogen (secondary N) is 2. The lowest BCUT2D eigenvalue weighted by Crippen LogP contribution is -2.36. The van der Waals surface area contributed by atoms with Crippen molar-refractivity contribution in [1.29, 1.82) is 0 Å². The summed E-state index contributed by atoms with van der Waals surface area (Å²) in [5, 5.41) is 5.65. The van der Waals surface area contributed by atoms with Gasteiger partial charge in [-0.05, 0) is 12.5 Å². The number of carbonyl (C=O) groups excluding carboxylic acids is 1. The molecule has 7 heteroatoms. The number of ether oxygens (including phenoxy) is 1. The zero-order valence-electron chi connectivity index (χ0n) is 9.64. The quantitative estimate of drug-likeness (QED) is 0.704. The summed E-state index contributed by atoms with van der Waals surface area (Å²) in [4.78, 5) is 11.6. The van der Waals surface area contributed by atoms with Crippen LogP contribution < -0.4 is 10.6 Å². The minimum atomic E-state index is -4.31. The molecular weight excluding hydrogens is 237 g/mol. The van der Waals surface area contributed by atoms with E-state index in [1.807, 2.05) is 6.92 Å². The molecule has 17 heavy (non-hydrogen) atoms. The van der Waals surface area contributed by atoms with Gasteiger partial charge in [0.1, 0.15) is 6.61 Å². The third-order valence-electron chi connectivity index (χ3n) is 2.67. The summed E-state index contributed by atoms with van der Waals surface area (Å²) in [5.74, 6) is 0.0295. The zero-order valence-corrected chi connectivity index (χ0v) is 9.64. The van der Waals surface area contributed by atoms with Crippen molar-refractivity contribution < 1.29 is 22.7 Å². The number of alkyl halides is 3. The molecule has 1 aliphatic rings. The Morgan fingerprint density at radius 2 is 2.18 bits per heavy atom. The van der Waals surface area contributed by atoms with Crippen LogP contribution in [0.3, 0.4) is 0 Å². The van der Waals surface area contributed by atoms with Gasteiger partial charge >= 0.3 is 6.18 Å². The lowest BCUT2D eigenvalue weighted by atomic mass is 9.97. The summed E-state index contributed by atoms with van der Waals surface area (Å²) < 4.78 is 39.5. The summed E-state index contributed by atoms with van der Waals surface area (Å²) in [5.41, 5.74) is 0. The van der Waals surface area contributed by atoms with Gasteiger partial charge in [-0.25, -0.2) is 0 Å². The van der Waals surface area contributed by atoms with Gasteiger partial charge in [0, 0.05) is 13.1 Å². The third-order valence-corrected chi connectivity index (χ3v) is 2.67. The van der Waals surface area contributed by atoms with E-state index in [9.17, 15) is 18.0 Å². The van der Waals surface area contributed by atoms with Gasteiger partial charge in [0.25, 0.3) is 0 Å². The van der Waals surface area contributed by atoms with Crippen LogP contribution in [0.15, 0.2) is 0 Å². The fraction of sp³-hybridized carbons (Fsp3) is 0.900. The molecule has 2 N–H and O–H groups in total. The molecule has 0 aromatic rings. The number of carbonyl (C=O) groups is 1. The zero-order chi connectivity index (χ0) is 12.9. The van der Waals surface area contributed by atoms with Gasteiger partial charge in [0.15, 0.2) is 0 Å². The molecule has 1 fully saturated rings. The van der Waals surface area contributed by atoms with E-state index < -0.39 is 12.8 Å². The Morgan fingerprint density at radius 3 is 2.71 bits per heavy atom. The van der Waals surface area contributed by atoms with E-state index in [0.29, 0.717) is 6.54 Å². The number of hydrogen-bond donors (Lipinski definition) is 2. The maximum atomic E-state index is 11.7. The van der Waals surface area contributed by atoms with Crippen molar-refractivity contribution >= 4 is 5.91 Å². The molecule has 1 aliphatic heterocycles. The van der Waals surface area contributed by atoms with Crippen molar-refractivity contribution in [3.05, 3.63) is 0 Å². The van der Waals surface area contributed by atoms with Gasteiger partial charge in [0.2, 0.25) is 5.91 Å². The van der Waals surface area contributed by atoms with Crippen LogP contribution in [0, 0.1) is 11.8 Å². The standard InChI is InChI=1S/C10H17F3N2O2/c1-7-4-14-5-8(7)9(16)15-2-3-17-6-10(11,12)13/h7-8,14H,2-6H2,1H3,(H,15,16). The molecule has 0 aliphatic carbocycles. The number of amides is 1. The maximum Gasteiger partial charge on any atom is 0.411 e. The van der Waals surface area contributed by atoms with Crippen LogP contribution in [0.4, 0.5) is 13.2 Å². The highest BCUT2D eigenvalue weighted by atomic mass is 19.4. The Bertz CT molecular complexity index is 258. The molecule has 1 saturated heterocycles. The summed E-state index contributed by atoms with van der Waals surface area (Å²) >= 11 is 0. The SMILES string of the molecule is CC1CNCC1C(=O)NCCOCC(F)(F)F. The molecule has 0 aromatic carbocycles. The van der Waals surface area contributed by atoms with Gasteiger partial charge in [-0.1, -0.05) is 6.92 Å². The smallest absolute Gasteiger partial charge is 0.370 e. The number of halogens is 3. The first-order valence-corrected chi connectivity index (χ1v) is 5.53. The molecule has 2 unspecified atom stereocenters. The Hall–Kier alpha value is -0.820. The molecule has 0 spiro atoms. The van der Waals surface area contributed by atoms with E-state index in [4.69, 9.17) is 0 Å². The molecule has 2 atom stereocenters. The molecule has 0 radical (unpaired) electrons. The molecular formula is C10H17F3N2O2. The number of hydrogen-bond acceptors (Lipinski definition) is 3. The van der Waals surface area contributed by atoms with Crippen molar-refractivity contribution in [3.63, 3.8) is 0 Å². The fourth-order valence-corrected chi connectivity index (χ4v) is 1.73. The van der Waals surface area contributed by atoms with Crippen LogP contribution in [0.5, 0.6) is 0 Å². The molecule has 1 heterocycles. The first-order chi connectivity index (χ1) is 7.90. The molecule has 4 nitrogen and oxygen atoms in total. The molecule has 0 bridgehead atoms. The minimum absolute atomic E-state index is 0.0994. The fourth-order valence-electron chi connectivity index (χ4n) is 1.73. The van der Waals surface area contributed by atoms with Gasteiger partial charge in [-0.15, -0.1) is 0 Å². The van der Waals surface area contributed by atoms with E-state index in [-0.39, 0.29) is 30.9 Å². The first-order valence-electron chi connectivity index (χ1n) is 5.53. The van der Waals surface area contributed by atoms with Gasteiger partial charge in [-0.2, -0.15) is 13.2 Å². The molecule has 0 aromatic heterocycles. The second-order valence-electron chi connectivity index (χ2n) is 4.20. The highest BCUT2D eigenvalue weighted by Gasteiger charge is 2.29. The summed E-state index contributed by atoms with van der Waals surface area (Å²) in [7, 11) is 0. The normalized spacial score (nSPS) is 24.9. The molecule has 1 amide bonds. The van der Waals surface area contributed by atoms with Crippen LogP contribution in [-0.4, -0.2) is 44.9 Å². The van der Waals surface area contributed by atoms with Crippen LogP contribution in [0.2, 0.25) is 0 Å². The van der Waals surface area contributed by atoms with Crippen molar-refractivity contribution in [2.75, 3.05) is 32.8 Å². The Labute approximate surface area is 97.9 Å². The van der Waals surface area contributed by atoms with Crippen LogP contribution in [0.25, 0.3) is 0 Å². The van der Waals surface area contributed by atoms with E-state index in [1.165, 1.54) is 0 Å².